The Balaban J connectivity index is 2.31. The number of benzene rings is 1. The summed E-state index contributed by atoms with van der Waals surface area (Å²) in [4.78, 5) is 26.7. The third-order valence-corrected chi connectivity index (χ3v) is 3.37. The number of anilines is 1. The molecular formula is C15H16N4O4. The molecule has 0 aliphatic carbocycles. The summed E-state index contributed by atoms with van der Waals surface area (Å²) >= 11 is 0. The summed E-state index contributed by atoms with van der Waals surface area (Å²) in [6.07, 6.45) is 1.32. The van der Waals surface area contributed by atoms with Crippen LogP contribution in [-0.2, 0) is 6.61 Å². The molecule has 0 unspecified atom stereocenters. The van der Waals surface area contributed by atoms with Crippen LogP contribution in [0.3, 0.4) is 0 Å². The Hall–Kier alpha value is -3.16. The first-order valence-corrected chi connectivity index (χ1v) is 6.75. The maximum Gasteiger partial charge on any atom is 0.406 e. The van der Waals surface area contributed by atoms with E-state index in [1.54, 1.807) is 25.2 Å². The number of nitrogens with two attached hydrogens (primary N) is 1. The van der Waals surface area contributed by atoms with Gasteiger partial charge in [0.25, 0.3) is 0 Å². The Morgan fingerprint density at radius 2 is 2.13 bits per heavy atom. The number of carbonyl (C=O) groups excluding carboxylic acids is 1. The number of hydrogen-bond acceptors (Lipinski definition) is 5. The van der Waals surface area contributed by atoms with Gasteiger partial charge in [0.2, 0.25) is 5.75 Å². The Morgan fingerprint density at radius 1 is 1.39 bits per heavy atom. The zero-order chi connectivity index (χ0) is 17.0. The number of primary amides is 1. The van der Waals surface area contributed by atoms with Gasteiger partial charge in [-0.2, -0.15) is 0 Å². The van der Waals surface area contributed by atoms with Gasteiger partial charge in [-0.1, -0.05) is 12.1 Å². The van der Waals surface area contributed by atoms with Crippen molar-refractivity contribution in [1.82, 2.24) is 4.98 Å². The lowest BCUT2D eigenvalue weighted by molar-refractivity contribution is -0.390. The fraction of sp³-hybridized carbons (Fsp3) is 0.200. The average molecular weight is 316 g/mol. The number of hydrogen-bond donors (Lipinski definition) is 1. The number of rotatable bonds is 5. The van der Waals surface area contributed by atoms with Crippen LogP contribution in [0, 0.1) is 17.0 Å². The van der Waals surface area contributed by atoms with Gasteiger partial charge in [-0.25, -0.2) is 4.79 Å². The van der Waals surface area contributed by atoms with Gasteiger partial charge in [-0.05, 0) is 40.6 Å². The van der Waals surface area contributed by atoms with Crippen molar-refractivity contribution in [2.45, 2.75) is 13.5 Å². The summed E-state index contributed by atoms with van der Waals surface area (Å²) < 4.78 is 5.55. The third-order valence-electron chi connectivity index (χ3n) is 3.37. The second-order valence-corrected chi connectivity index (χ2v) is 4.84. The topological polar surface area (TPSA) is 112 Å². The summed E-state index contributed by atoms with van der Waals surface area (Å²) in [5, 5.41) is 11.0. The minimum atomic E-state index is -0.608. The highest BCUT2D eigenvalue weighted by molar-refractivity contribution is 5.91. The molecule has 0 saturated heterocycles. The van der Waals surface area contributed by atoms with Crippen molar-refractivity contribution in [2.24, 2.45) is 5.73 Å². The maximum absolute atomic E-state index is 11.4. The zero-order valence-electron chi connectivity index (χ0n) is 12.7. The van der Waals surface area contributed by atoms with Crippen molar-refractivity contribution in [3.8, 4) is 5.75 Å². The van der Waals surface area contributed by atoms with Crippen LogP contribution >= 0.6 is 0 Å². The zero-order valence-corrected chi connectivity index (χ0v) is 12.7. The summed E-state index contributed by atoms with van der Waals surface area (Å²) in [7, 11) is 1.55. The van der Waals surface area contributed by atoms with Crippen LogP contribution in [0.25, 0.3) is 0 Å². The van der Waals surface area contributed by atoms with Crippen LogP contribution in [0.5, 0.6) is 5.75 Å². The molecule has 8 heteroatoms. The van der Waals surface area contributed by atoms with E-state index in [9.17, 15) is 14.9 Å². The van der Waals surface area contributed by atoms with E-state index in [0.717, 1.165) is 5.56 Å². The lowest BCUT2D eigenvalue weighted by Crippen LogP contribution is -2.32. The largest absolute Gasteiger partial charge is 0.481 e. The summed E-state index contributed by atoms with van der Waals surface area (Å²) in [5.41, 5.74) is 7.48. The first kappa shape index (κ1) is 16.2. The van der Waals surface area contributed by atoms with Gasteiger partial charge >= 0.3 is 11.8 Å². The fourth-order valence-electron chi connectivity index (χ4n) is 2.09. The minimum absolute atomic E-state index is 0.0478. The average Bonchev–Trinajstić information content (AvgIpc) is 2.52. The Kier molecular flexibility index (Phi) is 4.75. The SMILES string of the molecule is Cc1cccc(N(C)C(N)=O)c1COc1cccnc1[N+](=O)[O-]. The number of ether oxygens (including phenoxy) is 1. The van der Waals surface area contributed by atoms with Crippen molar-refractivity contribution in [1.29, 1.82) is 0 Å². The van der Waals surface area contributed by atoms with E-state index in [1.165, 1.54) is 17.2 Å². The van der Waals surface area contributed by atoms with Crippen LogP contribution < -0.4 is 15.4 Å². The molecule has 2 rings (SSSR count). The predicted molar refractivity (Wildman–Crippen MR) is 84.4 cm³/mol. The normalized spacial score (nSPS) is 10.2. The number of pyridine rings is 1. The second-order valence-electron chi connectivity index (χ2n) is 4.84. The van der Waals surface area contributed by atoms with E-state index >= 15 is 0 Å². The monoisotopic (exact) mass is 316 g/mol. The first-order chi connectivity index (χ1) is 10.9. The number of nitrogens with zero attached hydrogens (tertiary/aromatic N) is 3. The van der Waals surface area contributed by atoms with E-state index in [-0.39, 0.29) is 18.2 Å². The molecule has 8 nitrogen and oxygen atoms in total. The molecule has 120 valence electrons. The highest BCUT2D eigenvalue weighted by Gasteiger charge is 2.18. The summed E-state index contributed by atoms with van der Waals surface area (Å²) in [6, 6.07) is 7.80. The van der Waals surface area contributed by atoms with Crippen molar-refractivity contribution in [2.75, 3.05) is 11.9 Å². The number of aryl methyl sites for hydroxylation is 1. The first-order valence-electron chi connectivity index (χ1n) is 6.75. The Morgan fingerprint density at radius 3 is 2.78 bits per heavy atom. The van der Waals surface area contributed by atoms with Gasteiger partial charge in [-0.3, -0.25) is 4.90 Å². The second kappa shape index (κ2) is 6.73. The molecule has 0 aliphatic rings. The third kappa shape index (κ3) is 3.54. The molecule has 1 aromatic heterocycles. The van der Waals surface area contributed by atoms with E-state index in [2.05, 4.69) is 4.98 Å². The minimum Gasteiger partial charge on any atom is -0.481 e. The van der Waals surface area contributed by atoms with Crippen LogP contribution in [0.2, 0.25) is 0 Å². The van der Waals surface area contributed by atoms with Crippen LogP contribution in [0.1, 0.15) is 11.1 Å². The van der Waals surface area contributed by atoms with Gasteiger partial charge in [0.1, 0.15) is 12.8 Å². The number of amides is 2. The van der Waals surface area contributed by atoms with Crippen LogP contribution in [-0.4, -0.2) is 23.0 Å². The van der Waals surface area contributed by atoms with Crippen molar-refractivity contribution < 1.29 is 14.5 Å². The van der Waals surface area contributed by atoms with Crippen molar-refractivity contribution in [3.63, 3.8) is 0 Å². The lowest BCUT2D eigenvalue weighted by atomic mass is 10.1. The predicted octanol–water partition coefficient (Wildman–Crippen LogP) is 2.39. The van der Waals surface area contributed by atoms with Gasteiger partial charge < -0.3 is 20.6 Å². The molecule has 23 heavy (non-hydrogen) atoms. The number of urea groups is 1. The molecule has 1 aromatic carbocycles. The van der Waals surface area contributed by atoms with Crippen LogP contribution in [0.4, 0.5) is 16.3 Å². The molecule has 0 fully saturated rings. The van der Waals surface area contributed by atoms with Gasteiger partial charge in [0.15, 0.2) is 0 Å². The van der Waals surface area contributed by atoms with Crippen LogP contribution in [0.15, 0.2) is 36.5 Å². The van der Waals surface area contributed by atoms with Crippen molar-refractivity contribution >= 4 is 17.5 Å². The Bertz CT molecular complexity index is 748. The molecule has 2 N–H and O–H groups in total. The molecule has 0 radical (unpaired) electrons. The standard InChI is InChI=1S/C15H16N4O4/c1-10-5-3-6-12(18(2)15(16)20)11(10)9-23-13-7-4-8-17-14(13)19(21)22/h3-8H,9H2,1-2H3,(H2,16,20). The number of nitro groups is 1. The molecule has 0 aliphatic heterocycles. The quantitative estimate of drug-likeness (QED) is 0.672. The number of carbonyl (C=O) groups is 1. The smallest absolute Gasteiger partial charge is 0.406 e. The molecule has 0 spiro atoms. The lowest BCUT2D eigenvalue weighted by Gasteiger charge is -2.20. The highest BCUT2D eigenvalue weighted by atomic mass is 16.6. The summed E-state index contributed by atoms with van der Waals surface area (Å²) in [6.45, 7) is 1.90. The Labute approximate surface area is 132 Å². The molecule has 2 aromatic rings. The van der Waals surface area contributed by atoms with E-state index < -0.39 is 11.0 Å². The van der Waals surface area contributed by atoms with E-state index in [4.69, 9.17) is 10.5 Å². The van der Waals surface area contributed by atoms with Gasteiger partial charge in [0.05, 0.1) is 5.69 Å². The fourth-order valence-corrected chi connectivity index (χ4v) is 2.09. The molecule has 2 amide bonds. The molecule has 0 atom stereocenters. The molecule has 0 saturated carbocycles. The molecule has 0 bridgehead atoms. The van der Waals surface area contributed by atoms with E-state index in [0.29, 0.717) is 11.3 Å². The number of aromatic nitrogens is 1. The maximum atomic E-state index is 11.4. The van der Waals surface area contributed by atoms with Gasteiger partial charge in [-0.15, -0.1) is 0 Å². The highest BCUT2D eigenvalue weighted by Crippen LogP contribution is 2.28. The van der Waals surface area contributed by atoms with Gasteiger partial charge in [0, 0.05) is 12.6 Å². The van der Waals surface area contributed by atoms with Crippen molar-refractivity contribution in [3.05, 3.63) is 57.8 Å². The molecular weight excluding hydrogens is 300 g/mol. The van der Waals surface area contributed by atoms with E-state index in [1.807, 2.05) is 13.0 Å². The molecule has 1 heterocycles. The summed E-state index contributed by atoms with van der Waals surface area (Å²) in [5.74, 6) is -0.292.